The molecule has 100 valence electrons. The van der Waals surface area contributed by atoms with Crippen LogP contribution in [0.5, 0.6) is 0 Å². The molecule has 2 rings (SSSR count). The van der Waals surface area contributed by atoms with E-state index in [4.69, 9.17) is 5.73 Å². The third-order valence-electron chi connectivity index (χ3n) is 3.84. The van der Waals surface area contributed by atoms with E-state index in [0.29, 0.717) is 17.8 Å². The molecule has 0 aliphatic carbocycles. The largest absolute Gasteiger partial charge is 0.383 e. The van der Waals surface area contributed by atoms with E-state index in [2.05, 4.69) is 47.7 Å². The number of nitrogens with two attached hydrogens (primary N) is 1. The van der Waals surface area contributed by atoms with Gasteiger partial charge >= 0.3 is 0 Å². The summed E-state index contributed by atoms with van der Waals surface area (Å²) in [5, 5.41) is 0. The Morgan fingerprint density at radius 2 is 2.11 bits per heavy atom. The van der Waals surface area contributed by atoms with Gasteiger partial charge in [-0.05, 0) is 26.4 Å². The molecule has 2 N–H and O–H groups in total. The first-order valence-corrected chi connectivity index (χ1v) is 6.55. The average molecular weight is 249 g/mol. The van der Waals surface area contributed by atoms with Crippen molar-refractivity contribution < 1.29 is 0 Å². The minimum atomic E-state index is 0.575. The number of hydrogen-bond donors (Lipinski definition) is 1. The van der Waals surface area contributed by atoms with Gasteiger partial charge in [0.15, 0.2) is 0 Å². The van der Waals surface area contributed by atoms with Gasteiger partial charge < -0.3 is 15.5 Å². The quantitative estimate of drug-likeness (QED) is 0.866. The number of hydrogen-bond acceptors (Lipinski definition) is 5. The fraction of sp³-hybridized carbons (Fsp3) is 0.692. The molecule has 0 spiro atoms. The first-order valence-electron chi connectivity index (χ1n) is 6.55. The molecule has 18 heavy (non-hydrogen) atoms. The maximum Gasteiger partial charge on any atom is 0.137 e. The summed E-state index contributed by atoms with van der Waals surface area (Å²) in [6.07, 6.45) is 2.44. The van der Waals surface area contributed by atoms with Crippen molar-refractivity contribution in [3.63, 3.8) is 0 Å². The summed E-state index contributed by atoms with van der Waals surface area (Å²) in [6.45, 7) is 6.44. The van der Waals surface area contributed by atoms with E-state index in [9.17, 15) is 0 Å². The minimum Gasteiger partial charge on any atom is -0.383 e. The Morgan fingerprint density at radius 1 is 1.39 bits per heavy atom. The van der Waals surface area contributed by atoms with E-state index >= 15 is 0 Å². The summed E-state index contributed by atoms with van der Waals surface area (Å²) in [4.78, 5) is 13.2. The molecule has 1 aromatic rings. The molecule has 1 aliphatic heterocycles. The highest BCUT2D eigenvalue weighted by molar-refractivity contribution is 5.57. The summed E-state index contributed by atoms with van der Waals surface area (Å²) in [6, 6.07) is 0.575. The number of rotatable bonds is 3. The van der Waals surface area contributed by atoms with E-state index in [-0.39, 0.29) is 0 Å². The molecule has 0 amide bonds. The van der Waals surface area contributed by atoms with Crippen molar-refractivity contribution in [1.82, 2.24) is 14.9 Å². The average Bonchev–Trinajstić information content (AvgIpc) is 2.71. The second-order valence-electron chi connectivity index (χ2n) is 5.33. The van der Waals surface area contributed by atoms with Crippen LogP contribution < -0.4 is 10.6 Å². The minimum absolute atomic E-state index is 0.575. The van der Waals surface area contributed by atoms with Crippen LogP contribution >= 0.6 is 0 Å². The van der Waals surface area contributed by atoms with Gasteiger partial charge in [0.2, 0.25) is 0 Å². The molecule has 1 aliphatic rings. The third kappa shape index (κ3) is 2.27. The Morgan fingerprint density at radius 3 is 2.67 bits per heavy atom. The van der Waals surface area contributed by atoms with E-state index in [1.54, 1.807) is 6.33 Å². The Hall–Kier alpha value is -1.36. The molecular formula is C13H23N5. The first-order chi connectivity index (χ1) is 8.54. The van der Waals surface area contributed by atoms with Gasteiger partial charge in [-0.3, -0.25) is 0 Å². The van der Waals surface area contributed by atoms with Crippen molar-refractivity contribution in [2.75, 3.05) is 37.8 Å². The lowest BCUT2D eigenvalue weighted by Gasteiger charge is -2.23. The van der Waals surface area contributed by atoms with E-state index in [1.165, 1.54) is 0 Å². The molecule has 5 heteroatoms. The van der Waals surface area contributed by atoms with Crippen molar-refractivity contribution in [2.45, 2.75) is 26.3 Å². The number of anilines is 2. The second kappa shape index (κ2) is 5.10. The zero-order chi connectivity index (χ0) is 13.3. The number of nitrogen functional groups attached to an aromatic ring is 1. The van der Waals surface area contributed by atoms with E-state index < -0.39 is 0 Å². The highest BCUT2D eigenvalue weighted by atomic mass is 15.3. The van der Waals surface area contributed by atoms with Crippen LogP contribution in [0.4, 0.5) is 11.6 Å². The van der Waals surface area contributed by atoms with Gasteiger partial charge in [0.1, 0.15) is 18.0 Å². The van der Waals surface area contributed by atoms with Crippen molar-refractivity contribution >= 4 is 11.6 Å². The highest BCUT2D eigenvalue weighted by Gasteiger charge is 2.32. The third-order valence-corrected chi connectivity index (χ3v) is 3.84. The van der Waals surface area contributed by atoms with Gasteiger partial charge in [-0.25, -0.2) is 9.97 Å². The molecular weight excluding hydrogens is 226 g/mol. The van der Waals surface area contributed by atoms with Crippen molar-refractivity contribution in [2.24, 2.45) is 5.92 Å². The molecule has 1 fully saturated rings. The van der Waals surface area contributed by atoms with Gasteiger partial charge in [-0.2, -0.15) is 0 Å². The van der Waals surface area contributed by atoms with Crippen LogP contribution in [0.25, 0.3) is 0 Å². The Kier molecular flexibility index (Phi) is 3.71. The number of likely N-dealkylation sites (N-methyl/N-ethyl adjacent to an activating group) is 1. The zero-order valence-corrected chi connectivity index (χ0v) is 11.7. The molecule has 1 aromatic heterocycles. The van der Waals surface area contributed by atoms with E-state index in [1.807, 2.05) is 0 Å². The van der Waals surface area contributed by atoms with Crippen molar-refractivity contribution in [1.29, 1.82) is 0 Å². The molecule has 0 aromatic carbocycles. The second-order valence-corrected chi connectivity index (χ2v) is 5.33. The maximum atomic E-state index is 5.94. The lowest BCUT2D eigenvalue weighted by atomic mass is 10.1. The Labute approximate surface area is 109 Å². The summed E-state index contributed by atoms with van der Waals surface area (Å²) < 4.78 is 0. The van der Waals surface area contributed by atoms with Gasteiger partial charge in [0.25, 0.3) is 0 Å². The molecule has 0 radical (unpaired) electrons. The maximum absolute atomic E-state index is 5.94. The SMILES string of the molecule is CCc1c(N)ncnc1N1CC(C)C(N(C)C)C1. The molecule has 5 nitrogen and oxygen atoms in total. The Bertz CT molecular complexity index is 418. The number of aromatic nitrogens is 2. The number of nitrogens with zero attached hydrogens (tertiary/aromatic N) is 4. The van der Waals surface area contributed by atoms with Gasteiger partial charge in [-0.15, -0.1) is 0 Å². The topological polar surface area (TPSA) is 58.3 Å². The van der Waals surface area contributed by atoms with Gasteiger partial charge in [0.05, 0.1) is 0 Å². The summed E-state index contributed by atoms with van der Waals surface area (Å²) >= 11 is 0. The van der Waals surface area contributed by atoms with Gasteiger partial charge in [-0.1, -0.05) is 13.8 Å². The first kappa shape index (κ1) is 13.1. The van der Waals surface area contributed by atoms with Crippen molar-refractivity contribution in [3.05, 3.63) is 11.9 Å². The van der Waals surface area contributed by atoms with Crippen LogP contribution in [0, 0.1) is 5.92 Å². The van der Waals surface area contributed by atoms with E-state index in [0.717, 1.165) is 30.9 Å². The zero-order valence-electron chi connectivity index (χ0n) is 11.7. The standard InChI is InChI=1S/C13H23N5/c1-5-10-12(14)15-8-16-13(10)18-6-9(2)11(7-18)17(3)4/h8-9,11H,5-7H2,1-4H3,(H2,14,15,16). The molecule has 2 unspecified atom stereocenters. The van der Waals surface area contributed by atoms with Crippen molar-refractivity contribution in [3.8, 4) is 0 Å². The fourth-order valence-corrected chi connectivity index (χ4v) is 2.82. The van der Waals surface area contributed by atoms with Crippen LogP contribution in [-0.2, 0) is 6.42 Å². The lowest BCUT2D eigenvalue weighted by Crippen LogP contribution is -2.34. The monoisotopic (exact) mass is 249 g/mol. The smallest absolute Gasteiger partial charge is 0.137 e. The summed E-state index contributed by atoms with van der Waals surface area (Å²) in [7, 11) is 4.28. The summed E-state index contributed by atoms with van der Waals surface area (Å²) in [5.74, 6) is 2.27. The molecule has 0 bridgehead atoms. The Balaban J connectivity index is 2.26. The predicted octanol–water partition coefficient (Wildman–Crippen LogP) is 1.01. The normalized spacial score (nSPS) is 23.9. The van der Waals surface area contributed by atoms with Crippen LogP contribution in [0.3, 0.4) is 0 Å². The van der Waals surface area contributed by atoms with Crippen LogP contribution in [0.2, 0.25) is 0 Å². The summed E-state index contributed by atoms with van der Waals surface area (Å²) in [5.41, 5.74) is 7.01. The van der Waals surface area contributed by atoms with Crippen LogP contribution in [0.1, 0.15) is 19.4 Å². The van der Waals surface area contributed by atoms with Crippen LogP contribution in [-0.4, -0.2) is 48.1 Å². The molecule has 1 saturated heterocycles. The molecule has 2 heterocycles. The van der Waals surface area contributed by atoms with Gasteiger partial charge in [0, 0.05) is 24.7 Å². The highest BCUT2D eigenvalue weighted by Crippen LogP contribution is 2.28. The molecule has 2 atom stereocenters. The van der Waals surface area contributed by atoms with Crippen LogP contribution in [0.15, 0.2) is 6.33 Å². The molecule has 0 saturated carbocycles. The lowest BCUT2D eigenvalue weighted by molar-refractivity contribution is 0.266. The predicted molar refractivity (Wildman–Crippen MR) is 74.7 cm³/mol. The fourth-order valence-electron chi connectivity index (χ4n) is 2.82.